The van der Waals surface area contributed by atoms with E-state index in [0.717, 1.165) is 32.3 Å². The monoisotopic (exact) mass is 186 g/mol. The molecule has 0 unspecified atom stereocenters. The first-order valence-electron chi connectivity index (χ1n) is 5.23. The summed E-state index contributed by atoms with van der Waals surface area (Å²) in [5.41, 5.74) is 7.52. The Labute approximate surface area is 80.6 Å². The van der Waals surface area contributed by atoms with Crippen molar-refractivity contribution in [2.45, 2.75) is 44.8 Å². The summed E-state index contributed by atoms with van der Waals surface area (Å²) in [6.07, 6.45) is 4.50. The quantitative estimate of drug-likeness (QED) is 0.612. The minimum Gasteiger partial charge on any atom is -0.379 e. The number of ether oxygens (including phenoxy) is 2. The van der Waals surface area contributed by atoms with Crippen LogP contribution in [0.4, 0.5) is 0 Å². The van der Waals surface area contributed by atoms with Crippen molar-refractivity contribution < 1.29 is 9.47 Å². The highest BCUT2D eigenvalue weighted by Crippen LogP contribution is 2.20. The van der Waals surface area contributed by atoms with Gasteiger partial charge >= 0.3 is 0 Å². The highest BCUT2D eigenvalue weighted by Gasteiger charge is 2.18. The molecular weight excluding hydrogens is 166 g/mol. The van der Waals surface area contributed by atoms with Crippen LogP contribution in [0.25, 0.3) is 0 Å². The van der Waals surface area contributed by atoms with Crippen molar-refractivity contribution in [3.63, 3.8) is 0 Å². The molecule has 1 fully saturated rings. The normalized spacial score (nSPS) is 29.1. The Morgan fingerprint density at radius 1 is 1.15 bits per heavy atom. The number of nitrogens with one attached hydrogen (secondary N) is 1. The van der Waals surface area contributed by atoms with Gasteiger partial charge < -0.3 is 9.47 Å². The Bertz CT molecular complexity index is 122. The van der Waals surface area contributed by atoms with Crippen LogP contribution in [0, 0.1) is 0 Å². The van der Waals surface area contributed by atoms with E-state index in [-0.39, 0.29) is 6.04 Å². The average Bonchev–Trinajstić information content (AvgIpc) is 2.15. The first-order valence-corrected chi connectivity index (χ1v) is 5.23. The molecule has 0 aromatic carbocycles. The maximum absolute atomic E-state index is 7.52. The van der Waals surface area contributed by atoms with Gasteiger partial charge in [0.15, 0.2) is 0 Å². The van der Waals surface area contributed by atoms with Gasteiger partial charge in [-0.1, -0.05) is 0 Å². The van der Waals surface area contributed by atoms with Crippen LogP contribution in [0.1, 0.15) is 32.6 Å². The molecule has 0 atom stereocenters. The molecule has 1 saturated carbocycles. The van der Waals surface area contributed by atoms with E-state index in [9.17, 15) is 0 Å². The minimum atomic E-state index is 0.159. The van der Waals surface area contributed by atoms with Crippen LogP contribution in [-0.4, -0.2) is 32.0 Å². The molecule has 0 heterocycles. The van der Waals surface area contributed by atoms with Gasteiger partial charge in [-0.15, -0.1) is 0 Å². The fourth-order valence-corrected chi connectivity index (χ4v) is 1.65. The summed E-state index contributed by atoms with van der Waals surface area (Å²) in [4.78, 5) is 0. The van der Waals surface area contributed by atoms with E-state index in [1.807, 2.05) is 6.92 Å². The number of hydrogen-bond donors (Lipinski definition) is 0. The van der Waals surface area contributed by atoms with Crippen molar-refractivity contribution in [3.8, 4) is 0 Å². The Morgan fingerprint density at radius 3 is 2.46 bits per heavy atom. The second-order valence-electron chi connectivity index (χ2n) is 3.54. The van der Waals surface area contributed by atoms with Gasteiger partial charge in [0.1, 0.15) is 0 Å². The van der Waals surface area contributed by atoms with Gasteiger partial charge in [-0.3, -0.25) is 5.73 Å². The van der Waals surface area contributed by atoms with Gasteiger partial charge in [-0.05, 0) is 32.6 Å². The standard InChI is InChI=1S/C10H20NO2/c1-2-12-7-8-13-10-5-3-9(11)4-6-10/h9-11H,2-8H2,1H3. The van der Waals surface area contributed by atoms with Gasteiger partial charge in [-0.25, -0.2) is 0 Å². The van der Waals surface area contributed by atoms with E-state index in [2.05, 4.69) is 0 Å². The van der Waals surface area contributed by atoms with Crippen LogP contribution in [0.5, 0.6) is 0 Å². The van der Waals surface area contributed by atoms with E-state index >= 15 is 0 Å². The molecule has 1 aliphatic carbocycles. The predicted molar refractivity (Wildman–Crippen MR) is 51.6 cm³/mol. The van der Waals surface area contributed by atoms with Crippen molar-refractivity contribution in [1.82, 2.24) is 5.73 Å². The SMILES string of the molecule is CCOCCOC1CCC([NH])CC1. The molecule has 1 N–H and O–H groups in total. The molecular formula is C10H20NO2. The van der Waals surface area contributed by atoms with E-state index in [1.54, 1.807) is 0 Å². The zero-order valence-electron chi connectivity index (χ0n) is 8.42. The third-order valence-electron chi connectivity index (χ3n) is 2.46. The van der Waals surface area contributed by atoms with Crippen LogP contribution in [0.3, 0.4) is 0 Å². The summed E-state index contributed by atoms with van der Waals surface area (Å²) >= 11 is 0. The summed E-state index contributed by atoms with van der Waals surface area (Å²) in [5, 5.41) is 0. The second-order valence-corrected chi connectivity index (χ2v) is 3.54. The van der Waals surface area contributed by atoms with Crippen LogP contribution in [-0.2, 0) is 9.47 Å². The van der Waals surface area contributed by atoms with Crippen molar-refractivity contribution in [2.75, 3.05) is 19.8 Å². The molecule has 77 valence electrons. The summed E-state index contributed by atoms with van der Waals surface area (Å²) < 4.78 is 10.8. The lowest BCUT2D eigenvalue weighted by Gasteiger charge is -2.25. The molecule has 0 bridgehead atoms. The van der Waals surface area contributed by atoms with Crippen LogP contribution in [0.15, 0.2) is 0 Å². The van der Waals surface area contributed by atoms with Gasteiger partial charge in [0.2, 0.25) is 0 Å². The lowest BCUT2D eigenvalue weighted by atomic mass is 9.94. The van der Waals surface area contributed by atoms with Gasteiger partial charge in [-0.2, -0.15) is 0 Å². The maximum Gasteiger partial charge on any atom is 0.0704 e. The zero-order valence-corrected chi connectivity index (χ0v) is 8.42. The molecule has 3 heteroatoms. The summed E-state index contributed by atoms with van der Waals surface area (Å²) in [7, 11) is 0. The molecule has 0 amide bonds. The zero-order chi connectivity index (χ0) is 9.52. The predicted octanol–water partition coefficient (Wildman–Crippen LogP) is 1.63. The van der Waals surface area contributed by atoms with Crippen molar-refractivity contribution >= 4 is 0 Å². The van der Waals surface area contributed by atoms with Gasteiger partial charge in [0, 0.05) is 12.6 Å². The molecule has 0 aromatic rings. The summed E-state index contributed by atoms with van der Waals surface area (Å²) in [5.74, 6) is 0. The Kier molecular flexibility index (Phi) is 5.35. The fraction of sp³-hybridized carbons (Fsp3) is 1.00. The average molecular weight is 186 g/mol. The third-order valence-corrected chi connectivity index (χ3v) is 2.46. The van der Waals surface area contributed by atoms with Crippen molar-refractivity contribution in [3.05, 3.63) is 0 Å². The highest BCUT2D eigenvalue weighted by atomic mass is 16.5. The minimum absolute atomic E-state index is 0.159. The fourth-order valence-electron chi connectivity index (χ4n) is 1.65. The molecule has 13 heavy (non-hydrogen) atoms. The first kappa shape index (κ1) is 11.0. The molecule has 1 radical (unpaired) electrons. The van der Waals surface area contributed by atoms with Crippen LogP contribution in [0.2, 0.25) is 0 Å². The lowest BCUT2D eigenvalue weighted by Crippen LogP contribution is -2.26. The summed E-state index contributed by atoms with van der Waals surface area (Å²) in [6, 6.07) is 0.159. The Morgan fingerprint density at radius 2 is 1.85 bits per heavy atom. The maximum atomic E-state index is 7.52. The van der Waals surface area contributed by atoms with E-state index < -0.39 is 0 Å². The largest absolute Gasteiger partial charge is 0.379 e. The molecule has 0 aliphatic heterocycles. The Hall–Kier alpha value is -0.120. The van der Waals surface area contributed by atoms with E-state index in [0.29, 0.717) is 19.3 Å². The van der Waals surface area contributed by atoms with Crippen LogP contribution >= 0.6 is 0 Å². The summed E-state index contributed by atoms with van der Waals surface area (Å²) in [6.45, 7) is 4.17. The van der Waals surface area contributed by atoms with E-state index in [4.69, 9.17) is 15.2 Å². The lowest BCUT2D eigenvalue weighted by molar-refractivity contribution is -0.0101. The highest BCUT2D eigenvalue weighted by molar-refractivity contribution is 4.73. The topological polar surface area (TPSA) is 42.3 Å². The first-order chi connectivity index (χ1) is 6.33. The molecule has 1 aliphatic rings. The van der Waals surface area contributed by atoms with Crippen LogP contribution < -0.4 is 5.73 Å². The number of hydrogen-bond acceptors (Lipinski definition) is 2. The van der Waals surface area contributed by atoms with Gasteiger partial charge in [0.25, 0.3) is 0 Å². The molecule has 0 spiro atoms. The number of rotatable bonds is 5. The smallest absolute Gasteiger partial charge is 0.0704 e. The third kappa shape index (κ3) is 4.60. The molecule has 0 saturated heterocycles. The Balaban J connectivity index is 1.96. The van der Waals surface area contributed by atoms with Crippen molar-refractivity contribution in [2.24, 2.45) is 0 Å². The molecule has 1 rings (SSSR count). The molecule has 0 aromatic heterocycles. The van der Waals surface area contributed by atoms with Gasteiger partial charge in [0.05, 0.1) is 19.3 Å². The molecule has 3 nitrogen and oxygen atoms in total. The van der Waals surface area contributed by atoms with Crippen molar-refractivity contribution in [1.29, 1.82) is 0 Å². The van der Waals surface area contributed by atoms with E-state index in [1.165, 1.54) is 0 Å². The second kappa shape index (κ2) is 6.35.